The first-order chi connectivity index (χ1) is 15.6. The van der Waals surface area contributed by atoms with Crippen LogP contribution in [0, 0.1) is 11.3 Å². The largest absolute Gasteiger partial charge is 0.488 e. The number of nitrogens with zero attached hydrogens (tertiary/aromatic N) is 1. The molecule has 1 amide bonds. The molecule has 0 aromatic heterocycles. The molecule has 0 aliphatic carbocycles. The SMILES string of the molecule is N#C/C(=C/c1ccc(OCc2ccc3ccccc3c2)c(Br)c1)C(=O)Nc1ccccc1. The summed E-state index contributed by atoms with van der Waals surface area (Å²) < 4.78 is 6.72. The monoisotopic (exact) mass is 482 g/mol. The van der Waals surface area contributed by atoms with E-state index in [4.69, 9.17) is 4.74 Å². The molecule has 5 heteroatoms. The lowest BCUT2D eigenvalue weighted by Gasteiger charge is -2.10. The summed E-state index contributed by atoms with van der Waals surface area (Å²) in [6, 6.07) is 30.9. The van der Waals surface area contributed by atoms with E-state index >= 15 is 0 Å². The van der Waals surface area contributed by atoms with Gasteiger partial charge in [0.15, 0.2) is 0 Å². The van der Waals surface area contributed by atoms with Gasteiger partial charge in [-0.2, -0.15) is 5.26 Å². The third-order valence-electron chi connectivity index (χ3n) is 4.87. The highest BCUT2D eigenvalue weighted by Gasteiger charge is 2.10. The lowest BCUT2D eigenvalue weighted by Crippen LogP contribution is -2.13. The van der Waals surface area contributed by atoms with Crippen molar-refractivity contribution in [2.24, 2.45) is 0 Å². The average molecular weight is 483 g/mol. The zero-order valence-corrected chi connectivity index (χ0v) is 18.7. The second kappa shape index (κ2) is 9.95. The fourth-order valence-corrected chi connectivity index (χ4v) is 3.76. The molecule has 4 aromatic carbocycles. The maximum atomic E-state index is 12.4. The van der Waals surface area contributed by atoms with Crippen molar-refractivity contribution in [1.29, 1.82) is 5.26 Å². The zero-order chi connectivity index (χ0) is 22.3. The van der Waals surface area contributed by atoms with Crippen LogP contribution in [-0.4, -0.2) is 5.91 Å². The van der Waals surface area contributed by atoms with Gasteiger partial charge in [-0.3, -0.25) is 4.79 Å². The molecule has 0 spiro atoms. The number of rotatable bonds is 6. The molecule has 0 atom stereocenters. The molecular weight excluding hydrogens is 464 g/mol. The molecule has 0 bridgehead atoms. The number of hydrogen-bond acceptors (Lipinski definition) is 3. The molecule has 0 fully saturated rings. The molecule has 0 saturated heterocycles. The topological polar surface area (TPSA) is 62.1 Å². The number of hydrogen-bond donors (Lipinski definition) is 1. The third kappa shape index (κ3) is 5.23. The van der Waals surface area contributed by atoms with Crippen molar-refractivity contribution in [2.45, 2.75) is 6.61 Å². The summed E-state index contributed by atoms with van der Waals surface area (Å²) in [5.41, 5.74) is 2.45. The van der Waals surface area contributed by atoms with Crippen LogP contribution in [0.3, 0.4) is 0 Å². The molecule has 0 radical (unpaired) electrons. The minimum atomic E-state index is -0.452. The summed E-state index contributed by atoms with van der Waals surface area (Å²) >= 11 is 3.53. The number of benzene rings is 4. The molecule has 4 nitrogen and oxygen atoms in total. The summed E-state index contributed by atoms with van der Waals surface area (Å²) in [6.07, 6.45) is 1.55. The first-order valence-corrected chi connectivity index (χ1v) is 10.8. The highest BCUT2D eigenvalue weighted by Crippen LogP contribution is 2.28. The minimum absolute atomic E-state index is 0.0191. The van der Waals surface area contributed by atoms with Gasteiger partial charge in [0, 0.05) is 5.69 Å². The van der Waals surface area contributed by atoms with E-state index in [-0.39, 0.29) is 5.57 Å². The molecule has 4 aromatic rings. The first kappa shape index (κ1) is 21.4. The standard InChI is InChI=1S/C27H19BrN2O2/c28-25-16-19(14-23(17-29)27(31)30-24-8-2-1-3-9-24)11-13-26(25)32-18-20-10-12-21-6-4-5-7-22(21)15-20/h1-16H,18H2,(H,30,31)/b23-14-. The lowest BCUT2D eigenvalue weighted by molar-refractivity contribution is -0.112. The van der Waals surface area contributed by atoms with E-state index < -0.39 is 5.91 Å². The van der Waals surface area contributed by atoms with E-state index in [0.717, 1.165) is 15.6 Å². The van der Waals surface area contributed by atoms with Crippen LogP contribution in [0.25, 0.3) is 16.8 Å². The quantitative estimate of drug-likeness (QED) is 0.244. The van der Waals surface area contributed by atoms with Crippen LogP contribution >= 0.6 is 15.9 Å². The number of anilines is 1. The summed E-state index contributed by atoms with van der Waals surface area (Å²) in [6.45, 7) is 0.432. The fourth-order valence-electron chi connectivity index (χ4n) is 3.25. The number of amides is 1. The summed E-state index contributed by atoms with van der Waals surface area (Å²) in [7, 11) is 0. The predicted molar refractivity (Wildman–Crippen MR) is 131 cm³/mol. The van der Waals surface area contributed by atoms with Gasteiger partial charge >= 0.3 is 0 Å². The number of halogens is 1. The second-order valence-electron chi connectivity index (χ2n) is 7.15. The third-order valence-corrected chi connectivity index (χ3v) is 5.49. The molecule has 156 valence electrons. The van der Waals surface area contributed by atoms with E-state index in [1.165, 1.54) is 10.8 Å². The maximum Gasteiger partial charge on any atom is 0.266 e. The van der Waals surface area contributed by atoms with E-state index in [1.54, 1.807) is 18.2 Å². The normalized spacial score (nSPS) is 11.1. The molecule has 0 unspecified atom stereocenters. The number of carbonyl (C=O) groups excluding carboxylic acids is 1. The van der Waals surface area contributed by atoms with Gasteiger partial charge in [0.2, 0.25) is 0 Å². The van der Waals surface area contributed by atoms with Crippen LogP contribution in [0.5, 0.6) is 5.75 Å². The van der Waals surface area contributed by atoms with Gasteiger partial charge in [-0.15, -0.1) is 0 Å². The molecule has 32 heavy (non-hydrogen) atoms. The Morgan fingerprint density at radius 2 is 1.69 bits per heavy atom. The van der Waals surface area contributed by atoms with Gasteiger partial charge in [-0.05, 0) is 74.2 Å². The summed E-state index contributed by atoms with van der Waals surface area (Å²) in [4.78, 5) is 12.4. The minimum Gasteiger partial charge on any atom is -0.488 e. The van der Waals surface area contributed by atoms with Gasteiger partial charge in [-0.25, -0.2) is 0 Å². The van der Waals surface area contributed by atoms with Crippen LogP contribution in [0.2, 0.25) is 0 Å². The molecule has 0 aliphatic rings. The van der Waals surface area contributed by atoms with Crippen molar-refractivity contribution >= 4 is 44.4 Å². The van der Waals surface area contributed by atoms with Gasteiger partial charge in [0.25, 0.3) is 5.91 Å². The second-order valence-corrected chi connectivity index (χ2v) is 8.00. The number of para-hydroxylation sites is 1. The molecular formula is C27H19BrN2O2. The van der Waals surface area contributed by atoms with Crippen LogP contribution in [0.1, 0.15) is 11.1 Å². The molecule has 0 heterocycles. The zero-order valence-electron chi connectivity index (χ0n) is 17.1. The van der Waals surface area contributed by atoms with Gasteiger partial charge < -0.3 is 10.1 Å². The fraction of sp³-hybridized carbons (Fsp3) is 0.0370. The van der Waals surface area contributed by atoms with E-state index in [2.05, 4.69) is 51.6 Å². The Kier molecular flexibility index (Phi) is 6.64. The van der Waals surface area contributed by atoms with Gasteiger partial charge in [0.1, 0.15) is 24.0 Å². The first-order valence-electron chi connectivity index (χ1n) is 10.0. The van der Waals surface area contributed by atoms with Crippen molar-refractivity contribution in [3.63, 3.8) is 0 Å². The number of nitriles is 1. The van der Waals surface area contributed by atoms with E-state index in [9.17, 15) is 10.1 Å². The highest BCUT2D eigenvalue weighted by molar-refractivity contribution is 9.10. The maximum absolute atomic E-state index is 12.4. The van der Waals surface area contributed by atoms with E-state index in [1.807, 2.05) is 54.6 Å². The predicted octanol–water partition coefficient (Wildman–Crippen LogP) is 6.73. The van der Waals surface area contributed by atoms with Crippen LogP contribution in [0.4, 0.5) is 5.69 Å². The van der Waals surface area contributed by atoms with Crippen LogP contribution < -0.4 is 10.1 Å². The number of ether oxygens (including phenoxy) is 1. The Balaban J connectivity index is 1.45. The van der Waals surface area contributed by atoms with Gasteiger partial charge in [0.05, 0.1) is 4.47 Å². The van der Waals surface area contributed by atoms with Crippen molar-refractivity contribution < 1.29 is 9.53 Å². The van der Waals surface area contributed by atoms with Crippen molar-refractivity contribution in [3.05, 3.63) is 112 Å². The van der Waals surface area contributed by atoms with Crippen LogP contribution in [0.15, 0.2) is 101 Å². The Hall–Kier alpha value is -3.88. The van der Waals surface area contributed by atoms with Gasteiger partial charge in [-0.1, -0.05) is 60.7 Å². The van der Waals surface area contributed by atoms with E-state index in [0.29, 0.717) is 18.0 Å². The summed E-state index contributed by atoms with van der Waals surface area (Å²) in [5, 5.41) is 14.5. The van der Waals surface area contributed by atoms with Crippen LogP contribution in [-0.2, 0) is 11.4 Å². The molecule has 4 rings (SSSR count). The number of carbonyl (C=O) groups is 1. The molecule has 1 N–H and O–H groups in total. The Labute approximate surface area is 194 Å². The molecule has 0 saturated carbocycles. The average Bonchev–Trinajstić information content (AvgIpc) is 2.82. The number of fused-ring (bicyclic) bond motifs is 1. The van der Waals surface area contributed by atoms with Crippen molar-refractivity contribution in [2.75, 3.05) is 5.32 Å². The Morgan fingerprint density at radius 3 is 2.44 bits per heavy atom. The smallest absolute Gasteiger partial charge is 0.266 e. The Bertz CT molecular complexity index is 1340. The molecule has 0 aliphatic heterocycles. The highest BCUT2D eigenvalue weighted by atomic mass is 79.9. The Morgan fingerprint density at radius 1 is 0.938 bits per heavy atom. The number of nitrogens with one attached hydrogen (secondary N) is 1. The van der Waals surface area contributed by atoms with Crippen molar-refractivity contribution in [3.8, 4) is 11.8 Å². The van der Waals surface area contributed by atoms with Crippen molar-refractivity contribution in [1.82, 2.24) is 0 Å². The lowest BCUT2D eigenvalue weighted by atomic mass is 10.1. The summed E-state index contributed by atoms with van der Waals surface area (Å²) in [5.74, 6) is 0.231.